The Hall–Kier alpha value is -1.75. The summed E-state index contributed by atoms with van der Waals surface area (Å²) >= 11 is 5.73. The van der Waals surface area contributed by atoms with Gasteiger partial charge in [0, 0.05) is 17.3 Å². The molecule has 0 saturated heterocycles. The van der Waals surface area contributed by atoms with Gasteiger partial charge in [0.25, 0.3) is 0 Å². The molecule has 0 atom stereocenters. The van der Waals surface area contributed by atoms with Gasteiger partial charge in [-0.3, -0.25) is 10.2 Å². The SMILES string of the molecule is CCN(C(=O)NC(N)=O)c1ccc(Cl)cc1. The molecular formula is C10H12ClN3O2. The number of nitrogens with one attached hydrogen (secondary N) is 1. The second-order valence-electron chi connectivity index (χ2n) is 3.02. The van der Waals surface area contributed by atoms with Crippen molar-refractivity contribution in [1.29, 1.82) is 0 Å². The second kappa shape index (κ2) is 5.37. The lowest BCUT2D eigenvalue weighted by Crippen LogP contribution is -2.45. The molecule has 6 heteroatoms. The number of urea groups is 2. The average Bonchev–Trinajstić information content (AvgIpc) is 2.21. The van der Waals surface area contributed by atoms with Gasteiger partial charge in [0.05, 0.1) is 0 Å². The van der Waals surface area contributed by atoms with Gasteiger partial charge in [-0.2, -0.15) is 0 Å². The van der Waals surface area contributed by atoms with Gasteiger partial charge in [0.2, 0.25) is 0 Å². The number of carbonyl (C=O) groups is 2. The van der Waals surface area contributed by atoms with E-state index in [0.29, 0.717) is 17.3 Å². The number of benzene rings is 1. The molecule has 3 N–H and O–H groups in total. The fourth-order valence-electron chi connectivity index (χ4n) is 1.24. The molecule has 16 heavy (non-hydrogen) atoms. The van der Waals surface area contributed by atoms with Gasteiger partial charge in [0.1, 0.15) is 0 Å². The van der Waals surface area contributed by atoms with E-state index in [-0.39, 0.29) is 0 Å². The zero-order chi connectivity index (χ0) is 12.1. The lowest BCUT2D eigenvalue weighted by molar-refractivity contribution is 0.235. The smallest absolute Gasteiger partial charge is 0.329 e. The summed E-state index contributed by atoms with van der Waals surface area (Å²) in [6.45, 7) is 2.20. The minimum absolute atomic E-state index is 0.417. The molecule has 1 aromatic rings. The molecular weight excluding hydrogens is 230 g/mol. The minimum Gasteiger partial charge on any atom is -0.351 e. The molecule has 0 unspecified atom stereocenters. The Morgan fingerprint density at radius 3 is 2.38 bits per heavy atom. The van der Waals surface area contributed by atoms with E-state index >= 15 is 0 Å². The fourth-order valence-corrected chi connectivity index (χ4v) is 1.36. The van der Waals surface area contributed by atoms with Gasteiger partial charge in [-0.1, -0.05) is 11.6 Å². The van der Waals surface area contributed by atoms with Crippen molar-refractivity contribution < 1.29 is 9.59 Å². The van der Waals surface area contributed by atoms with Gasteiger partial charge in [0.15, 0.2) is 0 Å². The summed E-state index contributed by atoms with van der Waals surface area (Å²) in [5, 5.41) is 2.58. The van der Waals surface area contributed by atoms with Crippen molar-refractivity contribution in [3.63, 3.8) is 0 Å². The van der Waals surface area contributed by atoms with Crippen LogP contribution >= 0.6 is 11.6 Å². The van der Waals surface area contributed by atoms with E-state index in [2.05, 4.69) is 0 Å². The van der Waals surface area contributed by atoms with Crippen molar-refractivity contribution in [2.75, 3.05) is 11.4 Å². The molecule has 0 bridgehead atoms. The van der Waals surface area contributed by atoms with Crippen molar-refractivity contribution in [2.45, 2.75) is 6.92 Å². The molecule has 1 rings (SSSR count). The number of rotatable bonds is 2. The van der Waals surface area contributed by atoms with Gasteiger partial charge in [-0.15, -0.1) is 0 Å². The maximum absolute atomic E-state index is 11.6. The summed E-state index contributed by atoms with van der Waals surface area (Å²) in [6.07, 6.45) is 0. The van der Waals surface area contributed by atoms with E-state index in [4.69, 9.17) is 17.3 Å². The molecule has 0 spiro atoms. The number of halogens is 1. The van der Waals surface area contributed by atoms with E-state index < -0.39 is 12.1 Å². The van der Waals surface area contributed by atoms with E-state index in [9.17, 15) is 9.59 Å². The molecule has 0 aliphatic rings. The zero-order valence-corrected chi connectivity index (χ0v) is 9.49. The molecule has 0 saturated carbocycles. The van der Waals surface area contributed by atoms with Crippen molar-refractivity contribution in [1.82, 2.24) is 5.32 Å². The molecule has 5 nitrogen and oxygen atoms in total. The number of amides is 4. The Morgan fingerprint density at radius 1 is 1.38 bits per heavy atom. The van der Waals surface area contributed by atoms with Crippen LogP contribution in [0.2, 0.25) is 5.02 Å². The number of nitrogens with two attached hydrogens (primary N) is 1. The van der Waals surface area contributed by atoms with Gasteiger partial charge in [-0.05, 0) is 31.2 Å². The van der Waals surface area contributed by atoms with Crippen LogP contribution in [0.5, 0.6) is 0 Å². The fraction of sp³-hybridized carbons (Fsp3) is 0.200. The quantitative estimate of drug-likeness (QED) is 0.830. The standard InChI is InChI=1S/C10H12ClN3O2/c1-2-14(10(16)13-9(12)15)8-5-3-7(11)4-6-8/h3-6H,2H2,1H3,(H3,12,13,15,16). The van der Waals surface area contributed by atoms with Crippen LogP contribution in [0.25, 0.3) is 0 Å². The van der Waals surface area contributed by atoms with Gasteiger partial charge in [-0.25, -0.2) is 9.59 Å². The molecule has 0 aromatic heterocycles. The first-order valence-corrected chi connectivity index (χ1v) is 5.06. The van der Waals surface area contributed by atoms with E-state index in [1.165, 1.54) is 4.90 Å². The van der Waals surface area contributed by atoms with Gasteiger partial charge >= 0.3 is 12.1 Å². The number of hydrogen-bond acceptors (Lipinski definition) is 2. The van der Waals surface area contributed by atoms with Crippen molar-refractivity contribution in [2.24, 2.45) is 5.73 Å². The lowest BCUT2D eigenvalue weighted by atomic mass is 10.3. The first kappa shape index (κ1) is 12.3. The molecule has 0 aliphatic carbocycles. The summed E-state index contributed by atoms with van der Waals surface area (Å²) in [4.78, 5) is 23.5. The summed E-state index contributed by atoms with van der Waals surface area (Å²) in [7, 11) is 0. The van der Waals surface area contributed by atoms with E-state index in [1.807, 2.05) is 5.32 Å². The van der Waals surface area contributed by atoms with Gasteiger partial charge < -0.3 is 5.73 Å². The molecule has 0 heterocycles. The van der Waals surface area contributed by atoms with Crippen LogP contribution in [-0.4, -0.2) is 18.6 Å². The summed E-state index contributed by atoms with van der Waals surface area (Å²) in [5.41, 5.74) is 5.51. The number of hydrogen-bond donors (Lipinski definition) is 2. The largest absolute Gasteiger partial charge is 0.351 e. The topological polar surface area (TPSA) is 75.4 Å². The average molecular weight is 242 g/mol. The Bertz CT molecular complexity index is 392. The Morgan fingerprint density at radius 2 is 1.94 bits per heavy atom. The van der Waals surface area contributed by atoms with Crippen LogP contribution in [-0.2, 0) is 0 Å². The van der Waals surface area contributed by atoms with Crippen LogP contribution in [0.15, 0.2) is 24.3 Å². The number of anilines is 1. The molecule has 1 aromatic carbocycles. The second-order valence-corrected chi connectivity index (χ2v) is 3.45. The monoisotopic (exact) mass is 241 g/mol. The van der Waals surface area contributed by atoms with Crippen molar-refractivity contribution in [3.05, 3.63) is 29.3 Å². The number of nitrogens with zero attached hydrogens (tertiary/aromatic N) is 1. The first-order valence-electron chi connectivity index (χ1n) is 4.68. The maximum Gasteiger partial charge on any atom is 0.329 e. The Labute approximate surface area is 98.2 Å². The first-order chi connectivity index (χ1) is 7.54. The van der Waals surface area contributed by atoms with Crippen LogP contribution in [0.3, 0.4) is 0 Å². The maximum atomic E-state index is 11.6. The lowest BCUT2D eigenvalue weighted by Gasteiger charge is -2.20. The van der Waals surface area contributed by atoms with E-state index in [0.717, 1.165) is 0 Å². The minimum atomic E-state index is -0.877. The van der Waals surface area contributed by atoms with Crippen LogP contribution in [0.1, 0.15) is 6.92 Å². The van der Waals surface area contributed by atoms with Crippen LogP contribution < -0.4 is 16.0 Å². The normalized spacial score (nSPS) is 9.62. The third kappa shape index (κ3) is 3.13. The summed E-state index contributed by atoms with van der Waals surface area (Å²) < 4.78 is 0. The van der Waals surface area contributed by atoms with Crippen molar-refractivity contribution in [3.8, 4) is 0 Å². The highest BCUT2D eigenvalue weighted by Crippen LogP contribution is 2.17. The zero-order valence-electron chi connectivity index (χ0n) is 8.74. The highest BCUT2D eigenvalue weighted by Gasteiger charge is 2.14. The Balaban J connectivity index is 2.85. The highest BCUT2D eigenvalue weighted by molar-refractivity contribution is 6.30. The molecule has 0 aliphatic heterocycles. The van der Waals surface area contributed by atoms with Crippen molar-refractivity contribution >= 4 is 29.4 Å². The predicted octanol–water partition coefficient (Wildman–Crippen LogP) is 1.95. The predicted molar refractivity (Wildman–Crippen MR) is 62.6 cm³/mol. The third-order valence-corrected chi connectivity index (χ3v) is 2.18. The Kier molecular flexibility index (Phi) is 4.13. The van der Waals surface area contributed by atoms with E-state index in [1.54, 1.807) is 31.2 Å². The molecule has 0 radical (unpaired) electrons. The molecule has 86 valence electrons. The molecule has 0 fully saturated rings. The number of primary amides is 1. The van der Waals surface area contributed by atoms with Crippen LogP contribution in [0, 0.1) is 0 Å². The third-order valence-electron chi connectivity index (χ3n) is 1.93. The van der Waals surface area contributed by atoms with Crippen LogP contribution in [0.4, 0.5) is 15.3 Å². The molecule has 4 amide bonds. The highest BCUT2D eigenvalue weighted by atomic mass is 35.5. The number of imide groups is 1. The summed E-state index contributed by atoms with van der Waals surface area (Å²) in [5.74, 6) is 0. The summed E-state index contributed by atoms with van der Waals surface area (Å²) in [6, 6.07) is 5.27. The number of carbonyl (C=O) groups excluding carboxylic acids is 2.